The molecule has 0 aromatic heterocycles. The number of benzene rings is 2. The van der Waals surface area contributed by atoms with Gasteiger partial charge in [0.2, 0.25) is 21.8 Å². The summed E-state index contributed by atoms with van der Waals surface area (Å²) in [5.74, 6) is -0.965. The van der Waals surface area contributed by atoms with Crippen molar-refractivity contribution >= 4 is 33.2 Å². The maximum atomic E-state index is 13.1. The van der Waals surface area contributed by atoms with E-state index < -0.39 is 10.0 Å². The van der Waals surface area contributed by atoms with Gasteiger partial charge in [0.15, 0.2) is 0 Å². The van der Waals surface area contributed by atoms with Crippen LogP contribution in [0.15, 0.2) is 42.5 Å². The van der Waals surface area contributed by atoms with Crippen LogP contribution in [0.2, 0.25) is 0 Å². The minimum atomic E-state index is -3.38. The number of piperidine rings is 1. The molecule has 3 rings (SSSR count). The molecule has 0 bridgehead atoms. The van der Waals surface area contributed by atoms with Crippen LogP contribution in [-0.4, -0.2) is 44.0 Å². The highest BCUT2D eigenvalue weighted by Crippen LogP contribution is 2.23. The molecule has 9 heteroatoms. The zero-order valence-electron chi connectivity index (χ0n) is 18.2. The Balaban J connectivity index is 1.59. The van der Waals surface area contributed by atoms with E-state index in [-0.39, 0.29) is 35.7 Å². The number of amides is 2. The quantitative estimate of drug-likeness (QED) is 0.661. The van der Waals surface area contributed by atoms with Gasteiger partial charge in [0.1, 0.15) is 5.82 Å². The minimum Gasteiger partial charge on any atom is -0.342 e. The summed E-state index contributed by atoms with van der Waals surface area (Å²) in [6.45, 7) is 4.25. The number of halogens is 1. The summed E-state index contributed by atoms with van der Waals surface area (Å²) < 4.78 is 39.1. The first-order valence-corrected chi connectivity index (χ1v) is 12.3. The van der Waals surface area contributed by atoms with Crippen LogP contribution in [-0.2, 0) is 26.0 Å². The fraction of sp³-hybridized carbons (Fsp3) is 0.391. The molecule has 2 aromatic carbocycles. The third-order valence-electron chi connectivity index (χ3n) is 5.55. The van der Waals surface area contributed by atoms with E-state index in [1.807, 2.05) is 0 Å². The Morgan fingerprint density at radius 2 is 1.88 bits per heavy atom. The molecular formula is C23H28FN3O4S. The summed E-state index contributed by atoms with van der Waals surface area (Å²) in [5, 5.41) is 2.88. The number of rotatable bonds is 7. The largest absolute Gasteiger partial charge is 0.342 e. The van der Waals surface area contributed by atoms with Crippen molar-refractivity contribution in [2.24, 2.45) is 5.92 Å². The SMILES string of the molecule is CCS(=O)(=O)Nc1ccc(NC(=O)C2CCCN(C(=O)Cc3ccc(F)cc3)C2)cc1C. The third kappa shape index (κ3) is 6.29. The van der Waals surface area contributed by atoms with Crippen LogP contribution < -0.4 is 10.0 Å². The number of sulfonamides is 1. The molecule has 1 aliphatic rings. The maximum Gasteiger partial charge on any atom is 0.232 e. The fourth-order valence-corrected chi connectivity index (χ4v) is 4.35. The topological polar surface area (TPSA) is 95.6 Å². The number of nitrogens with one attached hydrogen (secondary N) is 2. The number of carbonyl (C=O) groups excluding carboxylic acids is 2. The van der Waals surface area contributed by atoms with Crippen molar-refractivity contribution in [2.45, 2.75) is 33.1 Å². The molecule has 172 valence electrons. The Morgan fingerprint density at radius 1 is 1.16 bits per heavy atom. The van der Waals surface area contributed by atoms with E-state index in [1.54, 1.807) is 49.1 Å². The minimum absolute atomic E-state index is 0.0248. The Labute approximate surface area is 188 Å². The van der Waals surface area contributed by atoms with Gasteiger partial charge in [0, 0.05) is 18.8 Å². The molecule has 1 aliphatic heterocycles. The molecule has 1 atom stereocenters. The highest BCUT2D eigenvalue weighted by Gasteiger charge is 2.28. The molecule has 2 aromatic rings. The number of likely N-dealkylation sites (tertiary alicyclic amines) is 1. The van der Waals surface area contributed by atoms with Gasteiger partial charge < -0.3 is 10.2 Å². The van der Waals surface area contributed by atoms with Crippen molar-refractivity contribution in [3.05, 3.63) is 59.4 Å². The van der Waals surface area contributed by atoms with Crippen molar-refractivity contribution in [3.63, 3.8) is 0 Å². The number of hydrogen-bond donors (Lipinski definition) is 2. The Morgan fingerprint density at radius 3 is 2.53 bits per heavy atom. The number of anilines is 2. The first-order chi connectivity index (χ1) is 15.2. The molecule has 0 aliphatic carbocycles. The van der Waals surface area contributed by atoms with E-state index in [9.17, 15) is 22.4 Å². The molecule has 0 spiro atoms. The maximum absolute atomic E-state index is 13.1. The molecule has 1 heterocycles. The summed E-state index contributed by atoms with van der Waals surface area (Å²) >= 11 is 0. The number of carbonyl (C=O) groups is 2. The predicted molar refractivity (Wildman–Crippen MR) is 122 cm³/mol. The number of aryl methyl sites for hydroxylation is 1. The van der Waals surface area contributed by atoms with Gasteiger partial charge in [0.25, 0.3) is 0 Å². The predicted octanol–water partition coefficient (Wildman–Crippen LogP) is 3.32. The highest BCUT2D eigenvalue weighted by atomic mass is 32.2. The lowest BCUT2D eigenvalue weighted by atomic mass is 9.96. The second-order valence-electron chi connectivity index (χ2n) is 8.01. The van der Waals surface area contributed by atoms with Crippen LogP contribution in [0.4, 0.5) is 15.8 Å². The normalized spacial score (nSPS) is 16.5. The summed E-state index contributed by atoms with van der Waals surface area (Å²) in [5.41, 5.74) is 2.47. The van der Waals surface area contributed by atoms with Gasteiger partial charge in [-0.15, -0.1) is 0 Å². The molecule has 1 fully saturated rings. The molecule has 0 radical (unpaired) electrons. The van der Waals surface area contributed by atoms with Gasteiger partial charge in [-0.05, 0) is 68.1 Å². The summed E-state index contributed by atoms with van der Waals surface area (Å²) in [4.78, 5) is 27.1. The number of hydrogen-bond acceptors (Lipinski definition) is 4. The lowest BCUT2D eigenvalue weighted by molar-refractivity contribution is -0.133. The lowest BCUT2D eigenvalue weighted by Gasteiger charge is -2.32. The van der Waals surface area contributed by atoms with E-state index in [4.69, 9.17) is 0 Å². The lowest BCUT2D eigenvalue weighted by Crippen LogP contribution is -2.44. The Kier molecular flexibility index (Phi) is 7.50. The van der Waals surface area contributed by atoms with Gasteiger partial charge in [-0.3, -0.25) is 14.3 Å². The van der Waals surface area contributed by atoms with Crippen LogP contribution in [0.3, 0.4) is 0 Å². The van der Waals surface area contributed by atoms with Gasteiger partial charge in [-0.1, -0.05) is 12.1 Å². The van der Waals surface area contributed by atoms with Crippen molar-refractivity contribution < 1.29 is 22.4 Å². The average molecular weight is 462 g/mol. The molecule has 7 nitrogen and oxygen atoms in total. The van der Waals surface area contributed by atoms with Crippen molar-refractivity contribution in [3.8, 4) is 0 Å². The third-order valence-corrected chi connectivity index (χ3v) is 6.84. The second-order valence-corrected chi connectivity index (χ2v) is 10.0. The molecule has 0 saturated carbocycles. The van der Waals surface area contributed by atoms with Gasteiger partial charge in [0.05, 0.1) is 23.8 Å². The van der Waals surface area contributed by atoms with E-state index in [1.165, 1.54) is 12.1 Å². The highest BCUT2D eigenvalue weighted by molar-refractivity contribution is 7.92. The van der Waals surface area contributed by atoms with Crippen LogP contribution in [0.25, 0.3) is 0 Å². The molecule has 1 unspecified atom stereocenters. The Hall–Kier alpha value is -2.94. The van der Waals surface area contributed by atoms with Crippen LogP contribution >= 0.6 is 0 Å². The Bertz CT molecular complexity index is 1090. The molecule has 1 saturated heterocycles. The van der Waals surface area contributed by atoms with Crippen molar-refractivity contribution in [2.75, 3.05) is 28.9 Å². The van der Waals surface area contributed by atoms with E-state index in [0.717, 1.165) is 12.0 Å². The summed E-state index contributed by atoms with van der Waals surface area (Å²) in [7, 11) is -3.38. The molecule has 2 amide bonds. The number of nitrogens with zero attached hydrogens (tertiary/aromatic N) is 1. The fourth-order valence-electron chi connectivity index (χ4n) is 3.65. The van der Waals surface area contributed by atoms with Crippen LogP contribution in [0.1, 0.15) is 30.9 Å². The molecule has 32 heavy (non-hydrogen) atoms. The first kappa shape index (κ1) is 23.7. The smallest absolute Gasteiger partial charge is 0.232 e. The van der Waals surface area contributed by atoms with E-state index in [0.29, 0.717) is 36.4 Å². The molecule has 2 N–H and O–H groups in total. The van der Waals surface area contributed by atoms with Crippen LogP contribution in [0, 0.1) is 18.7 Å². The van der Waals surface area contributed by atoms with Crippen molar-refractivity contribution in [1.82, 2.24) is 4.90 Å². The summed E-state index contributed by atoms with van der Waals surface area (Å²) in [6, 6.07) is 10.8. The van der Waals surface area contributed by atoms with Gasteiger partial charge in [-0.25, -0.2) is 12.8 Å². The van der Waals surface area contributed by atoms with Crippen molar-refractivity contribution in [1.29, 1.82) is 0 Å². The average Bonchev–Trinajstić information content (AvgIpc) is 2.77. The first-order valence-electron chi connectivity index (χ1n) is 10.6. The second kappa shape index (κ2) is 10.1. The van der Waals surface area contributed by atoms with E-state index >= 15 is 0 Å². The van der Waals surface area contributed by atoms with Crippen LogP contribution in [0.5, 0.6) is 0 Å². The zero-order valence-corrected chi connectivity index (χ0v) is 19.0. The monoisotopic (exact) mass is 461 g/mol. The zero-order chi connectivity index (χ0) is 23.3. The van der Waals surface area contributed by atoms with E-state index in [2.05, 4.69) is 10.0 Å². The molecular weight excluding hydrogens is 433 g/mol. The standard InChI is InChI=1S/C23H28FN3O4S/c1-3-32(30,31)26-21-11-10-20(13-16(21)2)25-23(29)18-5-4-12-27(15-18)22(28)14-17-6-8-19(24)9-7-17/h6-11,13,18,26H,3-5,12,14-15H2,1-2H3,(H,25,29). The summed E-state index contributed by atoms with van der Waals surface area (Å²) in [6.07, 6.45) is 1.58. The van der Waals surface area contributed by atoms with Gasteiger partial charge >= 0.3 is 0 Å². The van der Waals surface area contributed by atoms with Gasteiger partial charge in [-0.2, -0.15) is 0 Å².